The van der Waals surface area contributed by atoms with Crippen LogP contribution in [-0.2, 0) is 11.3 Å². The second kappa shape index (κ2) is 5.46. The monoisotopic (exact) mass is 220 g/mol. The third-order valence-electron chi connectivity index (χ3n) is 2.48. The molecule has 2 rings (SSSR count). The van der Waals surface area contributed by atoms with E-state index in [0.717, 1.165) is 31.9 Å². The van der Waals surface area contributed by atoms with Gasteiger partial charge in [0, 0.05) is 25.5 Å². The summed E-state index contributed by atoms with van der Waals surface area (Å²) < 4.78 is 5.25. The summed E-state index contributed by atoms with van der Waals surface area (Å²) in [7, 11) is 0. The number of morpholine rings is 1. The Balaban J connectivity index is 1.91. The third kappa shape index (κ3) is 2.93. The average molecular weight is 220 g/mol. The molecule has 0 amide bonds. The zero-order chi connectivity index (χ0) is 11.2. The van der Waals surface area contributed by atoms with Gasteiger partial charge in [0.1, 0.15) is 0 Å². The van der Waals surface area contributed by atoms with Crippen LogP contribution in [0.5, 0.6) is 0 Å². The lowest BCUT2D eigenvalue weighted by atomic mass is 10.3. The molecule has 16 heavy (non-hydrogen) atoms. The fourth-order valence-electron chi connectivity index (χ4n) is 1.56. The maximum atomic E-state index is 5.90. The van der Waals surface area contributed by atoms with Crippen LogP contribution in [0.2, 0.25) is 0 Å². The lowest BCUT2D eigenvalue weighted by Gasteiger charge is -2.27. The summed E-state index contributed by atoms with van der Waals surface area (Å²) in [6.07, 6.45) is 3.55. The van der Waals surface area contributed by atoms with Crippen LogP contribution in [0.4, 0.5) is 0 Å². The summed E-state index contributed by atoms with van der Waals surface area (Å²) in [6, 6.07) is 3.89. The van der Waals surface area contributed by atoms with Gasteiger partial charge in [-0.2, -0.15) is 0 Å². The van der Waals surface area contributed by atoms with Gasteiger partial charge in [-0.15, -0.1) is 0 Å². The predicted octanol–water partition coefficient (Wildman–Crippen LogP) is 0.228. The number of rotatable bonds is 2. The van der Waals surface area contributed by atoms with Crippen molar-refractivity contribution >= 4 is 5.96 Å². The van der Waals surface area contributed by atoms with E-state index in [1.165, 1.54) is 0 Å². The number of aromatic nitrogens is 1. The van der Waals surface area contributed by atoms with Crippen LogP contribution in [-0.4, -0.2) is 42.1 Å². The second-order valence-corrected chi connectivity index (χ2v) is 3.64. The van der Waals surface area contributed by atoms with Gasteiger partial charge >= 0.3 is 0 Å². The molecule has 0 spiro atoms. The molecule has 5 nitrogen and oxygen atoms in total. The van der Waals surface area contributed by atoms with Gasteiger partial charge in [-0.25, -0.2) is 4.99 Å². The zero-order valence-corrected chi connectivity index (χ0v) is 9.17. The minimum absolute atomic E-state index is 0.580. The molecule has 1 fully saturated rings. The highest BCUT2D eigenvalue weighted by atomic mass is 16.5. The fourth-order valence-corrected chi connectivity index (χ4v) is 1.56. The normalized spacial score (nSPS) is 17.5. The van der Waals surface area contributed by atoms with Gasteiger partial charge in [-0.3, -0.25) is 4.98 Å². The van der Waals surface area contributed by atoms with Crippen molar-refractivity contribution < 1.29 is 4.74 Å². The van der Waals surface area contributed by atoms with Crippen molar-refractivity contribution in [2.45, 2.75) is 6.54 Å². The van der Waals surface area contributed by atoms with Crippen LogP contribution in [0.3, 0.4) is 0 Å². The smallest absolute Gasteiger partial charge is 0.191 e. The Morgan fingerprint density at radius 2 is 2.31 bits per heavy atom. The highest BCUT2D eigenvalue weighted by Crippen LogP contribution is 2.00. The molecule has 1 aliphatic rings. The molecule has 1 aromatic heterocycles. The van der Waals surface area contributed by atoms with E-state index in [0.29, 0.717) is 12.5 Å². The maximum Gasteiger partial charge on any atom is 0.191 e. The molecule has 0 atom stereocenters. The van der Waals surface area contributed by atoms with Crippen LogP contribution in [0.15, 0.2) is 29.5 Å². The number of ether oxygens (including phenoxy) is 1. The Hall–Kier alpha value is -1.62. The van der Waals surface area contributed by atoms with E-state index in [9.17, 15) is 0 Å². The second-order valence-electron chi connectivity index (χ2n) is 3.64. The summed E-state index contributed by atoms with van der Waals surface area (Å²) >= 11 is 0. The van der Waals surface area contributed by atoms with E-state index in [-0.39, 0.29) is 0 Å². The average Bonchev–Trinajstić information content (AvgIpc) is 2.38. The maximum absolute atomic E-state index is 5.90. The number of nitrogens with zero attached hydrogens (tertiary/aromatic N) is 3. The van der Waals surface area contributed by atoms with Gasteiger partial charge in [-0.05, 0) is 11.6 Å². The van der Waals surface area contributed by atoms with Crippen molar-refractivity contribution in [2.75, 3.05) is 26.3 Å². The Bertz CT molecular complexity index is 346. The van der Waals surface area contributed by atoms with Crippen molar-refractivity contribution in [1.29, 1.82) is 0 Å². The van der Waals surface area contributed by atoms with Crippen molar-refractivity contribution in [2.24, 2.45) is 10.7 Å². The molecule has 0 aromatic carbocycles. The molecule has 1 aromatic rings. The highest BCUT2D eigenvalue weighted by Gasteiger charge is 2.11. The van der Waals surface area contributed by atoms with E-state index < -0.39 is 0 Å². The van der Waals surface area contributed by atoms with Gasteiger partial charge in [0.25, 0.3) is 0 Å². The summed E-state index contributed by atoms with van der Waals surface area (Å²) in [6.45, 7) is 3.67. The standard InChI is InChI=1S/C11H16N4O/c12-11(15-4-6-16-7-5-15)14-9-10-2-1-3-13-8-10/h1-3,8H,4-7,9H2,(H2,12,14). The molecule has 2 heterocycles. The minimum atomic E-state index is 0.580. The molecule has 0 aliphatic carbocycles. The van der Waals surface area contributed by atoms with Gasteiger partial charge in [0.15, 0.2) is 5.96 Å². The quantitative estimate of drug-likeness (QED) is 0.572. The lowest BCUT2D eigenvalue weighted by molar-refractivity contribution is 0.0674. The Morgan fingerprint density at radius 3 is 3.00 bits per heavy atom. The van der Waals surface area contributed by atoms with Crippen LogP contribution in [0, 0.1) is 0 Å². The minimum Gasteiger partial charge on any atom is -0.378 e. The topological polar surface area (TPSA) is 63.7 Å². The molecule has 5 heteroatoms. The van der Waals surface area contributed by atoms with Gasteiger partial charge in [0.05, 0.1) is 19.8 Å². The molecule has 0 radical (unpaired) electrons. The molecule has 1 saturated heterocycles. The van der Waals surface area contributed by atoms with E-state index in [1.807, 2.05) is 17.0 Å². The van der Waals surface area contributed by atoms with Crippen molar-refractivity contribution in [3.05, 3.63) is 30.1 Å². The van der Waals surface area contributed by atoms with Crippen LogP contribution in [0.1, 0.15) is 5.56 Å². The number of hydrogen-bond acceptors (Lipinski definition) is 3. The Kier molecular flexibility index (Phi) is 3.71. The Morgan fingerprint density at radius 1 is 1.50 bits per heavy atom. The number of nitrogens with two attached hydrogens (primary N) is 1. The van der Waals surface area contributed by atoms with Crippen molar-refractivity contribution in [1.82, 2.24) is 9.88 Å². The molecule has 2 N–H and O–H groups in total. The number of aliphatic imine (C=N–C) groups is 1. The van der Waals surface area contributed by atoms with Gasteiger partial charge in [-0.1, -0.05) is 6.07 Å². The summed E-state index contributed by atoms with van der Waals surface area (Å²) in [5.41, 5.74) is 6.96. The van der Waals surface area contributed by atoms with Gasteiger partial charge < -0.3 is 15.4 Å². The molecular formula is C11H16N4O. The summed E-state index contributed by atoms with van der Waals surface area (Å²) in [4.78, 5) is 10.4. The third-order valence-corrected chi connectivity index (χ3v) is 2.48. The first kappa shape index (κ1) is 10.9. The molecular weight excluding hydrogens is 204 g/mol. The number of pyridine rings is 1. The molecule has 0 saturated carbocycles. The van der Waals surface area contributed by atoms with Crippen molar-refractivity contribution in [3.8, 4) is 0 Å². The largest absolute Gasteiger partial charge is 0.378 e. The summed E-state index contributed by atoms with van der Waals surface area (Å²) in [5.74, 6) is 0.590. The summed E-state index contributed by atoms with van der Waals surface area (Å²) in [5, 5.41) is 0. The first-order valence-electron chi connectivity index (χ1n) is 5.38. The highest BCUT2D eigenvalue weighted by molar-refractivity contribution is 5.78. The number of guanidine groups is 1. The van der Waals surface area contributed by atoms with Gasteiger partial charge in [0.2, 0.25) is 0 Å². The van der Waals surface area contributed by atoms with E-state index in [1.54, 1.807) is 12.4 Å². The lowest BCUT2D eigenvalue weighted by Crippen LogP contribution is -2.44. The zero-order valence-electron chi connectivity index (χ0n) is 9.17. The van der Waals surface area contributed by atoms with Crippen LogP contribution < -0.4 is 5.73 Å². The molecule has 86 valence electrons. The predicted molar refractivity (Wildman–Crippen MR) is 62.0 cm³/mol. The molecule has 1 aliphatic heterocycles. The SMILES string of the molecule is NC(=NCc1cccnc1)N1CCOCC1. The molecule has 0 bridgehead atoms. The fraction of sp³-hybridized carbons (Fsp3) is 0.455. The van der Waals surface area contributed by atoms with E-state index in [2.05, 4.69) is 9.98 Å². The first-order valence-corrected chi connectivity index (χ1v) is 5.38. The van der Waals surface area contributed by atoms with E-state index >= 15 is 0 Å². The van der Waals surface area contributed by atoms with Crippen LogP contribution >= 0.6 is 0 Å². The first-order chi connectivity index (χ1) is 7.86. The number of hydrogen-bond donors (Lipinski definition) is 1. The van der Waals surface area contributed by atoms with Crippen molar-refractivity contribution in [3.63, 3.8) is 0 Å². The van der Waals surface area contributed by atoms with E-state index in [4.69, 9.17) is 10.5 Å². The Labute approximate surface area is 94.9 Å². The molecule has 0 unspecified atom stereocenters. The van der Waals surface area contributed by atoms with Crippen LogP contribution in [0.25, 0.3) is 0 Å².